The number of hydrogen-bond acceptors (Lipinski definition) is 2. The van der Waals surface area contributed by atoms with Crippen LogP contribution >= 0.6 is 11.6 Å². The van der Waals surface area contributed by atoms with Crippen LogP contribution in [0.3, 0.4) is 0 Å². The third kappa shape index (κ3) is 1.69. The van der Waals surface area contributed by atoms with E-state index >= 15 is 0 Å². The molecule has 3 aliphatic rings. The molecular weight excluding hydrogens is 210 g/mol. The van der Waals surface area contributed by atoms with Crippen LogP contribution in [0.4, 0.5) is 0 Å². The predicted octanol–water partition coefficient (Wildman–Crippen LogP) is 3.71. The van der Waals surface area contributed by atoms with Crippen molar-refractivity contribution in [1.82, 2.24) is 4.98 Å². The van der Waals surface area contributed by atoms with Gasteiger partial charge in [0.05, 0.1) is 12.1 Å². The van der Waals surface area contributed by atoms with Crippen molar-refractivity contribution < 1.29 is 4.42 Å². The highest BCUT2D eigenvalue weighted by atomic mass is 35.5. The van der Waals surface area contributed by atoms with E-state index in [9.17, 15) is 0 Å². The molecule has 0 amide bonds. The van der Waals surface area contributed by atoms with Crippen LogP contribution in [-0.4, -0.2) is 4.98 Å². The van der Waals surface area contributed by atoms with Gasteiger partial charge in [0.25, 0.3) is 0 Å². The quantitative estimate of drug-likeness (QED) is 0.718. The molecule has 3 fully saturated rings. The summed E-state index contributed by atoms with van der Waals surface area (Å²) in [5.74, 6) is 4.55. The number of oxazole rings is 1. The molecule has 0 N–H and O–H groups in total. The Kier molecular flexibility index (Phi) is 2.47. The number of fused-ring (bicyclic) bond motifs is 3. The Balaban J connectivity index is 1.81. The lowest BCUT2D eigenvalue weighted by Crippen LogP contribution is -2.29. The second-order valence-corrected chi connectivity index (χ2v) is 5.18. The van der Waals surface area contributed by atoms with Crippen molar-refractivity contribution in [3.63, 3.8) is 0 Å². The summed E-state index contributed by atoms with van der Waals surface area (Å²) in [7, 11) is 0. The number of rotatable bonds is 2. The van der Waals surface area contributed by atoms with Crippen LogP contribution < -0.4 is 0 Å². The van der Waals surface area contributed by atoms with Gasteiger partial charge in [-0.3, -0.25) is 0 Å². The highest BCUT2D eigenvalue weighted by molar-refractivity contribution is 6.16. The van der Waals surface area contributed by atoms with Gasteiger partial charge in [-0.15, -0.1) is 11.6 Å². The van der Waals surface area contributed by atoms with Gasteiger partial charge in [-0.25, -0.2) is 4.98 Å². The molecule has 1 aromatic heterocycles. The summed E-state index contributed by atoms with van der Waals surface area (Å²) >= 11 is 5.70. The topological polar surface area (TPSA) is 26.0 Å². The molecule has 1 atom stereocenters. The minimum Gasteiger partial charge on any atom is -0.444 e. The summed E-state index contributed by atoms with van der Waals surface area (Å²) in [6.07, 6.45) is 8.82. The molecule has 2 bridgehead atoms. The SMILES string of the molecule is ClCc1ncc(C2CC3CCC2CC3)o1. The largest absolute Gasteiger partial charge is 0.444 e. The summed E-state index contributed by atoms with van der Waals surface area (Å²) in [6.45, 7) is 0. The lowest BCUT2D eigenvalue weighted by molar-refractivity contribution is 0.130. The summed E-state index contributed by atoms with van der Waals surface area (Å²) in [4.78, 5) is 4.19. The zero-order chi connectivity index (χ0) is 10.3. The second kappa shape index (κ2) is 3.82. The number of aromatic nitrogens is 1. The smallest absolute Gasteiger partial charge is 0.209 e. The zero-order valence-electron chi connectivity index (χ0n) is 8.79. The molecule has 0 saturated heterocycles. The molecule has 0 radical (unpaired) electrons. The van der Waals surface area contributed by atoms with Gasteiger partial charge >= 0.3 is 0 Å². The zero-order valence-corrected chi connectivity index (χ0v) is 9.54. The van der Waals surface area contributed by atoms with Crippen LogP contribution in [0.2, 0.25) is 0 Å². The van der Waals surface area contributed by atoms with Crippen LogP contribution in [0, 0.1) is 11.8 Å². The Morgan fingerprint density at radius 2 is 2.13 bits per heavy atom. The van der Waals surface area contributed by atoms with Gasteiger partial charge in [0, 0.05) is 5.92 Å². The Morgan fingerprint density at radius 1 is 1.33 bits per heavy atom. The molecule has 1 unspecified atom stereocenters. The van der Waals surface area contributed by atoms with Crippen LogP contribution in [0.25, 0.3) is 0 Å². The van der Waals surface area contributed by atoms with Gasteiger partial charge in [-0.1, -0.05) is 12.8 Å². The van der Waals surface area contributed by atoms with E-state index in [0.29, 0.717) is 17.7 Å². The molecule has 0 aromatic carbocycles. The molecular formula is C12H16ClNO. The molecule has 0 spiro atoms. The monoisotopic (exact) mass is 225 g/mol. The Labute approximate surface area is 95.0 Å². The van der Waals surface area contributed by atoms with E-state index in [0.717, 1.165) is 17.6 Å². The Bertz CT molecular complexity index is 341. The lowest BCUT2D eigenvalue weighted by atomic mass is 9.64. The third-order valence-electron chi connectivity index (χ3n) is 4.10. The van der Waals surface area contributed by atoms with E-state index in [1.165, 1.54) is 32.1 Å². The van der Waals surface area contributed by atoms with E-state index in [1.54, 1.807) is 0 Å². The third-order valence-corrected chi connectivity index (χ3v) is 4.33. The van der Waals surface area contributed by atoms with Gasteiger partial charge < -0.3 is 4.42 Å². The highest BCUT2D eigenvalue weighted by Gasteiger charge is 2.37. The van der Waals surface area contributed by atoms with Gasteiger partial charge in [0.1, 0.15) is 5.76 Å². The Hall–Kier alpha value is -0.500. The van der Waals surface area contributed by atoms with E-state index in [4.69, 9.17) is 16.0 Å². The first-order valence-corrected chi connectivity index (χ1v) is 6.41. The van der Waals surface area contributed by atoms with E-state index in [1.807, 2.05) is 6.20 Å². The van der Waals surface area contributed by atoms with E-state index in [2.05, 4.69) is 4.98 Å². The van der Waals surface area contributed by atoms with Crippen molar-refractivity contribution in [3.05, 3.63) is 17.8 Å². The minimum absolute atomic E-state index is 0.390. The summed E-state index contributed by atoms with van der Waals surface area (Å²) in [5, 5.41) is 0. The summed E-state index contributed by atoms with van der Waals surface area (Å²) in [5.41, 5.74) is 0. The fraction of sp³-hybridized carbons (Fsp3) is 0.750. The van der Waals surface area contributed by atoms with E-state index < -0.39 is 0 Å². The number of nitrogens with zero attached hydrogens (tertiary/aromatic N) is 1. The maximum Gasteiger partial charge on any atom is 0.209 e. The Morgan fingerprint density at radius 3 is 2.67 bits per heavy atom. The molecule has 15 heavy (non-hydrogen) atoms. The van der Waals surface area contributed by atoms with Crippen LogP contribution in [0.5, 0.6) is 0 Å². The van der Waals surface area contributed by atoms with Gasteiger partial charge in [-0.2, -0.15) is 0 Å². The molecule has 2 nitrogen and oxygen atoms in total. The standard InChI is InChI=1S/C12H16ClNO/c13-6-12-14-7-11(15-12)10-5-8-1-3-9(10)4-2-8/h7-10H,1-6H2. The molecule has 3 saturated carbocycles. The fourth-order valence-electron chi connectivity index (χ4n) is 3.28. The molecule has 3 aliphatic carbocycles. The van der Waals surface area contributed by atoms with Crippen molar-refractivity contribution >= 4 is 11.6 Å². The number of alkyl halides is 1. The van der Waals surface area contributed by atoms with Crippen molar-refractivity contribution in [3.8, 4) is 0 Å². The molecule has 0 aliphatic heterocycles. The first-order chi connectivity index (χ1) is 7.36. The van der Waals surface area contributed by atoms with Crippen molar-refractivity contribution in [2.75, 3.05) is 0 Å². The predicted molar refractivity (Wildman–Crippen MR) is 58.9 cm³/mol. The minimum atomic E-state index is 0.390. The van der Waals surface area contributed by atoms with Gasteiger partial charge in [0.15, 0.2) is 0 Å². The van der Waals surface area contributed by atoms with Crippen LogP contribution in [0.1, 0.15) is 49.7 Å². The normalized spacial score (nSPS) is 34.6. The molecule has 1 aromatic rings. The van der Waals surface area contributed by atoms with Gasteiger partial charge in [-0.05, 0) is 31.1 Å². The highest BCUT2D eigenvalue weighted by Crippen LogP contribution is 2.49. The first-order valence-electron chi connectivity index (χ1n) is 5.87. The average molecular weight is 226 g/mol. The van der Waals surface area contributed by atoms with Crippen molar-refractivity contribution in [1.29, 1.82) is 0 Å². The second-order valence-electron chi connectivity index (χ2n) is 4.91. The lowest BCUT2D eigenvalue weighted by Gasteiger charge is -2.41. The maximum absolute atomic E-state index is 5.70. The number of halogens is 1. The van der Waals surface area contributed by atoms with Crippen LogP contribution in [-0.2, 0) is 5.88 Å². The van der Waals surface area contributed by atoms with Crippen molar-refractivity contribution in [2.45, 2.75) is 43.9 Å². The summed E-state index contributed by atoms with van der Waals surface area (Å²) in [6, 6.07) is 0. The molecule has 4 rings (SSSR count). The van der Waals surface area contributed by atoms with Gasteiger partial charge in [0.2, 0.25) is 5.89 Å². The maximum atomic E-state index is 5.70. The number of hydrogen-bond donors (Lipinski definition) is 0. The average Bonchev–Trinajstić information content (AvgIpc) is 2.79. The van der Waals surface area contributed by atoms with Crippen LogP contribution in [0.15, 0.2) is 10.6 Å². The summed E-state index contributed by atoms with van der Waals surface area (Å²) < 4.78 is 5.68. The molecule has 1 heterocycles. The fourth-order valence-corrected chi connectivity index (χ4v) is 3.41. The molecule has 82 valence electrons. The first kappa shape index (κ1) is 9.71. The van der Waals surface area contributed by atoms with Crippen molar-refractivity contribution in [2.24, 2.45) is 11.8 Å². The van der Waals surface area contributed by atoms with E-state index in [-0.39, 0.29) is 0 Å². The molecule has 3 heteroatoms.